The number of ether oxygens (including phenoxy) is 2. The highest BCUT2D eigenvalue weighted by atomic mass is 35.5. The topological polar surface area (TPSA) is 89.0 Å². The monoisotopic (exact) mass is 506 g/mol. The summed E-state index contributed by atoms with van der Waals surface area (Å²) in [7, 11) is 3.08. The molecule has 2 heterocycles. The summed E-state index contributed by atoms with van der Waals surface area (Å²) in [6.45, 7) is 0. The zero-order valence-corrected chi connectivity index (χ0v) is 20.3. The number of carbonyl (C=O) groups excluding carboxylic acids is 2. The molecule has 0 radical (unpaired) electrons. The molecule has 3 aromatic carbocycles. The van der Waals surface area contributed by atoms with Crippen LogP contribution in [-0.4, -0.2) is 36.0 Å². The molecule has 1 fully saturated rings. The quantitative estimate of drug-likeness (QED) is 0.215. The number of aliphatic hydroxyl groups is 1. The van der Waals surface area contributed by atoms with Crippen molar-refractivity contribution < 1.29 is 24.2 Å². The summed E-state index contributed by atoms with van der Waals surface area (Å²) in [5.74, 6) is -0.790. The van der Waals surface area contributed by atoms with Crippen LogP contribution < -0.4 is 14.4 Å². The molecule has 0 aliphatic carbocycles. The Hall–Kier alpha value is -3.88. The number of para-hydroxylation sites is 1. The molecular weight excluding hydrogens is 488 g/mol. The zero-order chi connectivity index (χ0) is 24.7. The first kappa shape index (κ1) is 22.9. The zero-order valence-electron chi connectivity index (χ0n) is 18.7. The second-order valence-electron chi connectivity index (χ2n) is 7.75. The van der Waals surface area contributed by atoms with Gasteiger partial charge in [0.2, 0.25) is 0 Å². The molecule has 1 atom stereocenters. The van der Waals surface area contributed by atoms with Crippen LogP contribution >= 0.6 is 22.9 Å². The molecular formula is C26H19ClN2O5S. The molecule has 4 aromatic rings. The lowest BCUT2D eigenvalue weighted by Gasteiger charge is -2.24. The van der Waals surface area contributed by atoms with Gasteiger partial charge in [-0.2, -0.15) is 0 Å². The normalized spacial score (nSPS) is 17.2. The van der Waals surface area contributed by atoms with E-state index in [-0.39, 0.29) is 11.3 Å². The Morgan fingerprint density at radius 1 is 1.03 bits per heavy atom. The summed E-state index contributed by atoms with van der Waals surface area (Å²) in [5, 5.41) is 12.0. The molecule has 1 aliphatic rings. The number of aliphatic hydroxyl groups excluding tert-OH is 1. The van der Waals surface area contributed by atoms with Gasteiger partial charge in [0.25, 0.3) is 5.78 Å². The summed E-state index contributed by atoms with van der Waals surface area (Å²) in [5.41, 5.74) is 1.51. The Bertz CT molecular complexity index is 1500. The molecule has 5 rings (SSSR count). The fraction of sp³-hybridized carbons (Fsp3) is 0.115. The molecule has 1 saturated heterocycles. The lowest BCUT2D eigenvalue weighted by Crippen LogP contribution is -2.29. The van der Waals surface area contributed by atoms with Gasteiger partial charge in [-0.25, -0.2) is 4.98 Å². The van der Waals surface area contributed by atoms with E-state index >= 15 is 0 Å². The smallest absolute Gasteiger partial charge is 0.301 e. The van der Waals surface area contributed by atoms with E-state index in [2.05, 4.69) is 4.98 Å². The average molecular weight is 507 g/mol. The van der Waals surface area contributed by atoms with E-state index in [0.717, 1.165) is 4.70 Å². The number of anilines is 1. The third-order valence-corrected chi connectivity index (χ3v) is 7.06. The number of benzene rings is 3. The third kappa shape index (κ3) is 3.90. The SMILES string of the molecule is COc1ccc2nc(N3C(=O)C(=O)/C(=C(/O)c4ccc(Cl)cc4)C3c3ccccc3OC)sc2c1. The van der Waals surface area contributed by atoms with Crippen molar-refractivity contribution in [2.75, 3.05) is 19.1 Å². The molecule has 9 heteroatoms. The van der Waals surface area contributed by atoms with Gasteiger partial charge in [0.05, 0.1) is 30.0 Å². The molecule has 0 bridgehead atoms. The molecule has 176 valence electrons. The Morgan fingerprint density at radius 3 is 2.49 bits per heavy atom. The highest BCUT2D eigenvalue weighted by molar-refractivity contribution is 7.22. The first-order chi connectivity index (χ1) is 16.9. The van der Waals surface area contributed by atoms with Gasteiger partial charge in [0.1, 0.15) is 23.3 Å². The van der Waals surface area contributed by atoms with Crippen LogP contribution in [0.1, 0.15) is 17.2 Å². The van der Waals surface area contributed by atoms with Crippen molar-refractivity contribution in [3.05, 3.63) is 88.5 Å². The molecule has 1 aromatic heterocycles. The number of fused-ring (bicyclic) bond motifs is 1. The van der Waals surface area contributed by atoms with Crippen LogP contribution in [0.2, 0.25) is 5.02 Å². The van der Waals surface area contributed by atoms with Crippen molar-refractivity contribution in [2.45, 2.75) is 6.04 Å². The summed E-state index contributed by atoms with van der Waals surface area (Å²) < 4.78 is 11.6. The number of carbonyl (C=O) groups is 2. The lowest BCUT2D eigenvalue weighted by molar-refractivity contribution is -0.132. The van der Waals surface area contributed by atoms with Gasteiger partial charge in [0, 0.05) is 16.1 Å². The minimum absolute atomic E-state index is 0.0568. The van der Waals surface area contributed by atoms with Gasteiger partial charge in [-0.3, -0.25) is 14.5 Å². The highest BCUT2D eigenvalue weighted by Gasteiger charge is 2.49. The van der Waals surface area contributed by atoms with Gasteiger partial charge in [-0.1, -0.05) is 41.1 Å². The summed E-state index contributed by atoms with van der Waals surface area (Å²) in [6.07, 6.45) is 0. The van der Waals surface area contributed by atoms with Gasteiger partial charge < -0.3 is 14.6 Å². The van der Waals surface area contributed by atoms with Crippen molar-refractivity contribution in [1.29, 1.82) is 0 Å². The number of hydrogen-bond donors (Lipinski definition) is 1. The molecule has 1 amide bonds. The Kier molecular flexibility index (Phi) is 5.92. The van der Waals surface area contributed by atoms with Crippen molar-refractivity contribution in [3.8, 4) is 11.5 Å². The molecule has 1 N–H and O–H groups in total. The molecule has 7 nitrogen and oxygen atoms in total. The second kappa shape index (κ2) is 9.05. The van der Waals surface area contributed by atoms with E-state index in [1.807, 2.05) is 6.07 Å². The Labute approximate surface area is 209 Å². The maximum Gasteiger partial charge on any atom is 0.301 e. The van der Waals surface area contributed by atoms with Crippen molar-refractivity contribution in [1.82, 2.24) is 4.98 Å². The van der Waals surface area contributed by atoms with Crippen LogP contribution in [0.25, 0.3) is 16.0 Å². The number of methoxy groups -OCH3 is 2. The van der Waals surface area contributed by atoms with Gasteiger partial charge in [-0.05, 0) is 48.5 Å². The van der Waals surface area contributed by atoms with Gasteiger partial charge >= 0.3 is 5.91 Å². The number of nitrogens with zero attached hydrogens (tertiary/aromatic N) is 2. The number of halogens is 1. The molecule has 35 heavy (non-hydrogen) atoms. The van der Waals surface area contributed by atoms with E-state index in [0.29, 0.717) is 38.3 Å². The van der Waals surface area contributed by atoms with Crippen LogP contribution in [0.15, 0.2) is 72.3 Å². The number of hydrogen-bond acceptors (Lipinski definition) is 7. The maximum atomic E-state index is 13.4. The molecule has 1 unspecified atom stereocenters. The maximum absolute atomic E-state index is 13.4. The van der Waals surface area contributed by atoms with E-state index in [1.165, 1.54) is 23.3 Å². The minimum atomic E-state index is -0.954. The van der Waals surface area contributed by atoms with E-state index in [4.69, 9.17) is 21.1 Å². The Morgan fingerprint density at radius 2 is 1.77 bits per heavy atom. The summed E-state index contributed by atoms with van der Waals surface area (Å²) >= 11 is 7.25. The number of amides is 1. The Balaban J connectivity index is 1.74. The predicted octanol–water partition coefficient (Wildman–Crippen LogP) is 5.59. The number of rotatable bonds is 5. The van der Waals surface area contributed by atoms with Crippen LogP contribution in [0.3, 0.4) is 0 Å². The number of Topliss-reactive ketones (excluding diaryl/α,β-unsaturated/α-hetero) is 1. The van der Waals surface area contributed by atoms with Crippen molar-refractivity contribution >= 4 is 55.7 Å². The number of thiazole rings is 1. The van der Waals surface area contributed by atoms with E-state index in [9.17, 15) is 14.7 Å². The van der Waals surface area contributed by atoms with Crippen molar-refractivity contribution in [2.24, 2.45) is 0 Å². The van der Waals surface area contributed by atoms with Gasteiger partial charge in [0.15, 0.2) is 5.13 Å². The van der Waals surface area contributed by atoms with E-state index in [1.54, 1.807) is 67.8 Å². The van der Waals surface area contributed by atoms with Gasteiger partial charge in [-0.15, -0.1) is 0 Å². The fourth-order valence-electron chi connectivity index (χ4n) is 4.10. The van der Waals surface area contributed by atoms with Crippen LogP contribution in [-0.2, 0) is 9.59 Å². The third-order valence-electron chi connectivity index (χ3n) is 5.79. The number of ketones is 1. The minimum Gasteiger partial charge on any atom is -0.507 e. The van der Waals surface area contributed by atoms with Crippen molar-refractivity contribution in [3.63, 3.8) is 0 Å². The highest BCUT2D eigenvalue weighted by Crippen LogP contribution is 2.46. The van der Waals surface area contributed by atoms with Crippen LogP contribution in [0.5, 0.6) is 11.5 Å². The van der Waals surface area contributed by atoms with Crippen LogP contribution in [0, 0.1) is 0 Å². The molecule has 0 saturated carbocycles. The summed E-state index contributed by atoms with van der Waals surface area (Å²) in [4.78, 5) is 32.7. The van der Waals surface area contributed by atoms with Crippen LogP contribution in [0.4, 0.5) is 5.13 Å². The molecule has 1 aliphatic heterocycles. The summed E-state index contributed by atoms with van der Waals surface area (Å²) in [6, 6.07) is 17.9. The predicted molar refractivity (Wildman–Crippen MR) is 135 cm³/mol. The average Bonchev–Trinajstić information content (AvgIpc) is 3.41. The standard InChI is InChI=1S/C26H19ClN2O5S/c1-33-16-11-12-18-20(13-16)35-26(28-18)29-22(17-5-3-4-6-19(17)34-2)21(24(31)25(29)32)23(30)14-7-9-15(27)10-8-14/h3-13,22,30H,1-2H3/b23-21+. The first-order valence-corrected chi connectivity index (χ1v) is 11.8. The largest absolute Gasteiger partial charge is 0.507 e. The van der Waals surface area contributed by atoms with E-state index < -0.39 is 17.7 Å². The second-order valence-corrected chi connectivity index (χ2v) is 9.19. The first-order valence-electron chi connectivity index (χ1n) is 10.6. The number of aromatic nitrogens is 1. The fourth-order valence-corrected chi connectivity index (χ4v) is 5.25. The molecule has 0 spiro atoms. The lowest BCUT2D eigenvalue weighted by atomic mass is 9.95.